The summed E-state index contributed by atoms with van der Waals surface area (Å²) in [7, 11) is 0. The van der Waals surface area contributed by atoms with E-state index in [1.807, 2.05) is 20.8 Å². The van der Waals surface area contributed by atoms with Crippen LogP contribution in [0.15, 0.2) is 11.6 Å². The van der Waals surface area contributed by atoms with Gasteiger partial charge in [-0.25, -0.2) is 4.79 Å². The summed E-state index contributed by atoms with van der Waals surface area (Å²) >= 11 is 0. The molecule has 11 fully saturated rings. The van der Waals surface area contributed by atoms with E-state index < -0.39 is 347 Å². The van der Waals surface area contributed by atoms with Gasteiger partial charge in [-0.05, 0) is 123 Å². The van der Waals surface area contributed by atoms with Crippen molar-refractivity contribution < 1.29 is 207 Å². The van der Waals surface area contributed by atoms with Crippen LogP contribution in [-0.4, -0.2) is 391 Å². The number of rotatable bonds is 32. The average molecular weight is 1860 g/mol. The predicted molar refractivity (Wildman–Crippen MR) is 431 cm³/mol. The Kier molecular flexibility index (Phi) is 32.7. The monoisotopic (exact) mass is 1860 g/mol. The number of carbonyl (C=O) groups is 5. The van der Waals surface area contributed by atoms with Crippen molar-refractivity contribution in [2.75, 3.05) is 33.0 Å². The Labute approximate surface area is 747 Å². The van der Waals surface area contributed by atoms with Gasteiger partial charge in [0.25, 0.3) is 0 Å². The molecule has 7 saturated heterocycles. The number of ether oxygens (including phenoxy) is 16. The van der Waals surface area contributed by atoms with Gasteiger partial charge in [0.05, 0.1) is 94.0 Å². The van der Waals surface area contributed by atoms with E-state index in [2.05, 4.69) is 26.8 Å². The number of esters is 3. The minimum absolute atomic E-state index is 0.00282. The molecule has 0 radical (unpaired) electrons. The summed E-state index contributed by atoms with van der Waals surface area (Å²) in [5.41, 5.74) is -7.71. The van der Waals surface area contributed by atoms with Crippen LogP contribution in [0.3, 0.4) is 0 Å². The fourth-order valence-electron chi connectivity index (χ4n) is 22.9. The van der Waals surface area contributed by atoms with Gasteiger partial charge in [0.15, 0.2) is 49.9 Å². The molecule has 129 heavy (non-hydrogen) atoms. The number of carboxylic acids is 1. The highest BCUT2D eigenvalue weighted by Gasteiger charge is 2.74. The van der Waals surface area contributed by atoms with Gasteiger partial charge in [-0.3, -0.25) is 14.4 Å². The zero-order valence-electron chi connectivity index (χ0n) is 75.0. The van der Waals surface area contributed by atoms with Crippen LogP contribution in [0.25, 0.3) is 0 Å². The molecule has 0 spiro atoms. The first-order valence-electron chi connectivity index (χ1n) is 45.4. The van der Waals surface area contributed by atoms with Crippen molar-refractivity contribution in [1.29, 1.82) is 0 Å². The fourth-order valence-corrected chi connectivity index (χ4v) is 22.9. The lowest BCUT2D eigenvalue weighted by Gasteiger charge is -2.71. The maximum absolute atomic E-state index is 16.4. The molecule has 7 heterocycles. The molecule has 42 heteroatoms. The summed E-state index contributed by atoms with van der Waals surface area (Å²) in [5, 5.41) is 236. The zero-order chi connectivity index (χ0) is 95.0. The SMILES string of the molecule is CC[C@H](C)[C@H](C[C@H](O)CC(=O)O[C@]1(O)CC(C)O[C@@H](OC(=O)[C@]23CCC(C)(C)CC2C2=CCC4[C@@]5(C)CCC(O[C@@H]6OC(C(=O)O)[C@@H](O)C(O[C@@H]7OC[C@@H](O)C(O)C7O)C6O[C@@H]6OC(CO)[C@H](O)C(O)C6O)[C@@](C)(C=O)C5CC[C@@]4(C)[C@]2(C)C[C@H]3O)C1O[C@@H]1OC(C)[C@H](O[C@H]2OCC(O)[C@H](O[C@@H]3OCC(O)(CO)C3O)C2O)C(O)C1O)OC(=O)C[C@@H](O)C[C@H](O)[C@@H](C)CC. The van der Waals surface area contributed by atoms with E-state index in [1.165, 1.54) is 13.8 Å². The topological polar surface area (TPSA) is 658 Å². The Morgan fingerprint density at radius 2 is 1.19 bits per heavy atom. The van der Waals surface area contributed by atoms with Gasteiger partial charge in [-0.2, -0.15) is 0 Å². The molecule has 0 aromatic heterocycles. The standard InChI is InChI=1S/C87H140O42/c1-13-36(3)44(93)23-40(91)25-53(97)119-47(37(4)14-2)24-41(92)26-54(98)129-87(113)27-38(5)117-78(70(87)127-74-61(105)58(102)64(39(6)118-74)122-73-63(107)65(46(95)32-115-73)123-77-69(108)85(112,34-90)35-116-77)128-79(111)86-22-21-80(7,8)28-43(86)42-15-16-50-81(9)19-18-52(82(10,33-89)49(81)17-20-83(50,11)84(42,12)29-51(86)96)121-76-68(126-75-60(104)57(101)56(100)48(30-88)120-75)66(62(106)67(125-76)71(109)110)124-72-59(103)55(99)45(94)31-114-72/h15,33,36-41,43-52,55-70,72-78,88,90-96,99-108,112-113H,13-14,16-32,34-35H2,1-12H3,(H,109,110)/t36-,37-,38?,39?,40-,41-,43?,44-,45+,46?,47-,48?,49?,50?,51+,52?,55?,56-,57?,58?,59?,60?,61?,62-,63?,64-,65-,66?,67?,68?,69?,70?,72-,73+,74-,75-,76+,77-,78-,81-,82-,83+,84+,85?,86+,87+/m0/s1. The molecule has 21 unspecified atom stereocenters. The van der Waals surface area contributed by atoms with E-state index in [0.717, 1.165) is 11.9 Å². The number of fused-ring (bicyclic) bond motifs is 7. The van der Waals surface area contributed by atoms with Crippen molar-refractivity contribution in [3.05, 3.63) is 11.6 Å². The largest absolute Gasteiger partial charge is 0.479 e. The van der Waals surface area contributed by atoms with Gasteiger partial charge < -0.3 is 188 Å². The zero-order valence-corrected chi connectivity index (χ0v) is 75.0. The molecule has 0 aromatic rings. The number of carboxylic acid groups (broad SMARTS) is 1. The normalized spacial score (nSPS) is 48.4. The summed E-state index contributed by atoms with van der Waals surface area (Å²) < 4.78 is 96.6. The van der Waals surface area contributed by atoms with Crippen LogP contribution in [0, 0.1) is 62.1 Å². The maximum atomic E-state index is 16.4. The van der Waals surface area contributed by atoms with Crippen LogP contribution < -0.4 is 0 Å². The maximum Gasteiger partial charge on any atom is 0.335 e. The average Bonchev–Trinajstić information content (AvgIpc) is 0.813. The number of aldehydes is 1. The van der Waals surface area contributed by atoms with Gasteiger partial charge in [0.2, 0.25) is 12.1 Å². The van der Waals surface area contributed by atoms with E-state index in [0.29, 0.717) is 44.9 Å². The summed E-state index contributed by atoms with van der Waals surface area (Å²) in [6.45, 7) is 18.3. The van der Waals surface area contributed by atoms with Gasteiger partial charge in [-0.15, -0.1) is 0 Å². The molecule has 0 bridgehead atoms. The predicted octanol–water partition coefficient (Wildman–Crippen LogP) is -3.80. The molecule has 5 aliphatic carbocycles. The Morgan fingerprint density at radius 3 is 1.83 bits per heavy atom. The summed E-state index contributed by atoms with van der Waals surface area (Å²) in [5.74, 6) is -10.2. The highest BCUT2D eigenvalue weighted by atomic mass is 16.8. The minimum atomic E-state index is -3.00. The van der Waals surface area contributed by atoms with E-state index in [1.54, 1.807) is 27.7 Å². The number of hydrogen-bond acceptors (Lipinski definition) is 41. The Morgan fingerprint density at radius 1 is 0.574 bits per heavy atom. The van der Waals surface area contributed by atoms with E-state index in [9.17, 15) is 126 Å². The third kappa shape index (κ3) is 20.1. The molecule has 0 amide bonds. The van der Waals surface area contributed by atoms with E-state index >= 15 is 4.79 Å². The summed E-state index contributed by atoms with van der Waals surface area (Å²) in [6, 6.07) is 0. The molecule has 12 aliphatic rings. The number of carbonyl (C=O) groups excluding carboxylic acids is 4. The molecule has 4 saturated carbocycles. The third-order valence-corrected chi connectivity index (χ3v) is 31.4. The second kappa shape index (κ2) is 40.6. The molecule has 0 aromatic carbocycles. The van der Waals surface area contributed by atoms with Crippen LogP contribution >= 0.6 is 0 Å². The summed E-state index contributed by atoms with van der Waals surface area (Å²) in [4.78, 5) is 71.9. The van der Waals surface area contributed by atoms with Crippen LogP contribution in [0.2, 0.25) is 0 Å². The van der Waals surface area contributed by atoms with Crippen molar-refractivity contribution in [3.63, 3.8) is 0 Å². The molecule has 46 atom stereocenters. The molecule has 740 valence electrons. The quantitative estimate of drug-likeness (QED) is 0.00767. The molecule has 42 nitrogen and oxygen atoms in total. The molecular formula is C87H140O42. The van der Waals surface area contributed by atoms with E-state index in [-0.39, 0.29) is 50.4 Å². The Hall–Kier alpha value is -4.03. The second-order valence-electron chi connectivity index (χ2n) is 40.4. The van der Waals surface area contributed by atoms with Crippen LogP contribution in [0.5, 0.6) is 0 Å². The van der Waals surface area contributed by atoms with Gasteiger partial charge in [0.1, 0.15) is 127 Å². The Bertz CT molecular complexity index is 3830. The lowest BCUT2D eigenvalue weighted by atomic mass is 9.33. The Balaban J connectivity index is 0.820. The number of hydrogen-bond donors (Lipinski definition) is 21. The lowest BCUT2D eigenvalue weighted by Crippen LogP contribution is -2.69. The number of aliphatic hydroxyl groups excluding tert-OH is 18. The molecule has 21 N–H and O–H groups in total. The van der Waals surface area contributed by atoms with Gasteiger partial charge in [-0.1, -0.05) is 93.7 Å². The highest BCUT2D eigenvalue weighted by Crippen LogP contribution is 2.76. The smallest absolute Gasteiger partial charge is 0.335 e. The van der Waals surface area contributed by atoms with E-state index in [4.69, 9.17) is 75.8 Å². The lowest BCUT2D eigenvalue weighted by molar-refractivity contribution is -0.402. The van der Waals surface area contributed by atoms with Crippen molar-refractivity contribution in [1.82, 2.24) is 0 Å². The van der Waals surface area contributed by atoms with Crippen LogP contribution in [-0.2, 0) is 99.8 Å². The number of aliphatic hydroxyl groups is 20. The molecule has 12 rings (SSSR count). The van der Waals surface area contributed by atoms with Crippen molar-refractivity contribution >= 4 is 30.2 Å². The first kappa shape index (κ1) is 104. The van der Waals surface area contributed by atoms with Crippen molar-refractivity contribution in [2.45, 2.75) is 406 Å². The van der Waals surface area contributed by atoms with Crippen LogP contribution in [0.1, 0.15) is 186 Å². The fraction of sp³-hybridized carbons (Fsp3) is 0.920. The van der Waals surface area contributed by atoms with Gasteiger partial charge in [0, 0.05) is 19.3 Å². The minimum Gasteiger partial charge on any atom is -0.479 e. The van der Waals surface area contributed by atoms with Crippen molar-refractivity contribution in [2.24, 2.45) is 62.1 Å². The number of aliphatic carboxylic acids is 1. The van der Waals surface area contributed by atoms with Crippen molar-refractivity contribution in [3.8, 4) is 0 Å². The first-order chi connectivity index (χ1) is 60.4. The molecule has 7 aliphatic heterocycles. The van der Waals surface area contributed by atoms with Gasteiger partial charge >= 0.3 is 23.9 Å². The van der Waals surface area contributed by atoms with Crippen LogP contribution in [0.4, 0.5) is 0 Å². The number of allylic oxidation sites excluding steroid dienone is 2. The highest BCUT2D eigenvalue weighted by molar-refractivity contribution is 5.80. The first-order valence-corrected chi connectivity index (χ1v) is 45.4. The molecular weight excluding hydrogens is 1720 g/mol. The second-order valence-corrected chi connectivity index (χ2v) is 40.4. The third-order valence-electron chi connectivity index (χ3n) is 31.4. The summed E-state index contributed by atoms with van der Waals surface area (Å²) in [6.07, 6.45) is -57.7.